The largest absolute Gasteiger partial charge is 0.419 e. The van der Waals surface area contributed by atoms with Gasteiger partial charge in [-0.05, 0) is 48.7 Å². The van der Waals surface area contributed by atoms with E-state index in [0.717, 1.165) is 25.0 Å². The van der Waals surface area contributed by atoms with Crippen LogP contribution in [-0.4, -0.2) is 27.0 Å². The topological polar surface area (TPSA) is 59.2 Å². The molecular formula is C21H17ClF3N3O2. The molecule has 0 N–H and O–H groups in total. The highest BCUT2D eigenvalue weighted by atomic mass is 35.5. The van der Waals surface area contributed by atoms with Crippen molar-refractivity contribution in [3.05, 3.63) is 70.6 Å². The van der Waals surface area contributed by atoms with Gasteiger partial charge in [-0.2, -0.15) is 13.2 Å². The van der Waals surface area contributed by atoms with Crippen LogP contribution in [0.3, 0.4) is 0 Å². The van der Waals surface area contributed by atoms with E-state index in [1.807, 2.05) is 0 Å². The first-order chi connectivity index (χ1) is 14.3. The molecule has 1 aliphatic carbocycles. The standard InChI is InChI=1S/C21H17ClF3N3O2/c22-16-6-4-14(5-7-16)20-27-26-18(30-20)12-28(17-8-9-17)19(29)11-13-2-1-3-15(10-13)21(23,24)25/h1-7,10,17H,8-9,11-12H2. The van der Waals surface area contributed by atoms with Gasteiger partial charge in [0.25, 0.3) is 0 Å². The van der Waals surface area contributed by atoms with Crippen LogP contribution in [-0.2, 0) is 23.9 Å². The number of aromatic nitrogens is 2. The minimum absolute atomic E-state index is 0.0363. The number of carbonyl (C=O) groups is 1. The second-order valence-corrected chi connectivity index (χ2v) is 7.57. The molecule has 4 rings (SSSR count). The Balaban J connectivity index is 1.47. The van der Waals surface area contributed by atoms with Gasteiger partial charge in [-0.1, -0.05) is 29.8 Å². The van der Waals surface area contributed by atoms with Crippen molar-refractivity contribution in [3.8, 4) is 11.5 Å². The number of benzene rings is 2. The Morgan fingerprint density at radius 3 is 2.53 bits per heavy atom. The van der Waals surface area contributed by atoms with E-state index in [1.165, 1.54) is 12.1 Å². The molecule has 0 radical (unpaired) electrons. The minimum Gasteiger partial charge on any atom is -0.419 e. The summed E-state index contributed by atoms with van der Waals surface area (Å²) in [7, 11) is 0. The molecule has 1 saturated carbocycles. The summed E-state index contributed by atoms with van der Waals surface area (Å²) >= 11 is 5.88. The SMILES string of the molecule is O=C(Cc1cccc(C(F)(F)F)c1)N(Cc1nnc(-c2ccc(Cl)cc2)o1)C1CC1. The van der Waals surface area contributed by atoms with Crippen molar-refractivity contribution in [1.82, 2.24) is 15.1 Å². The second kappa shape index (κ2) is 8.10. The third-order valence-corrected chi connectivity index (χ3v) is 5.03. The molecule has 0 atom stereocenters. The summed E-state index contributed by atoms with van der Waals surface area (Å²) in [6.45, 7) is 0.114. The lowest BCUT2D eigenvalue weighted by Gasteiger charge is -2.21. The Morgan fingerprint density at radius 2 is 1.87 bits per heavy atom. The third kappa shape index (κ3) is 4.81. The Labute approximate surface area is 175 Å². The minimum atomic E-state index is -4.45. The Hall–Kier alpha value is -2.87. The molecule has 1 amide bonds. The lowest BCUT2D eigenvalue weighted by Crippen LogP contribution is -2.34. The van der Waals surface area contributed by atoms with Crippen molar-refractivity contribution in [2.24, 2.45) is 0 Å². The molecule has 1 fully saturated rings. The predicted molar refractivity (Wildman–Crippen MR) is 103 cm³/mol. The summed E-state index contributed by atoms with van der Waals surface area (Å²) in [6, 6.07) is 11.8. The van der Waals surface area contributed by atoms with E-state index >= 15 is 0 Å². The average Bonchev–Trinajstić information content (AvgIpc) is 3.44. The molecule has 2 aromatic carbocycles. The van der Waals surface area contributed by atoms with Gasteiger partial charge < -0.3 is 9.32 Å². The van der Waals surface area contributed by atoms with Gasteiger partial charge in [0.1, 0.15) is 0 Å². The van der Waals surface area contributed by atoms with Crippen LogP contribution in [0.5, 0.6) is 0 Å². The second-order valence-electron chi connectivity index (χ2n) is 7.14. The number of hydrogen-bond acceptors (Lipinski definition) is 4. The third-order valence-electron chi connectivity index (χ3n) is 4.78. The van der Waals surface area contributed by atoms with Gasteiger partial charge in [0.15, 0.2) is 0 Å². The van der Waals surface area contributed by atoms with Gasteiger partial charge in [-0.3, -0.25) is 4.79 Å². The van der Waals surface area contributed by atoms with Crippen LogP contribution in [0, 0.1) is 0 Å². The van der Waals surface area contributed by atoms with E-state index in [-0.39, 0.29) is 30.8 Å². The van der Waals surface area contributed by atoms with Crippen molar-refractivity contribution in [1.29, 1.82) is 0 Å². The first-order valence-corrected chi connectivity index (χ1v) is 9.71. The van der Waals surface area contributed by atoms with Gasteiger partial charge in [-0.25, -0.2) is 0 Å². The molecule has 0 spiro atoms. The lowest BCUT2D eigenvalue weighted by molar-refractivity contribution is -0.138. The number of hydrogen-bond donors (Lipinski definition) is 0. The molecule has 0 bridgehead atoms. The number of rotatable bonds is 6. The highest BCUT2D eigenvalue weighted by Crippen LogP contribution is 2.31. The number of nitrogens with zero attached hydrogens (tertiary/aromatic N) is 3. The summed E-state index contributed by atoms with van der Waals surface area (Å²) in [4.78, 5) is 14.4. The zero-order chi connectivity index (χ0) is 21.3. The van der Waals surface area contributed by atoms with E-state index in [9.17, 15) is 18.0 Å². The van der Waals surface area contributed by atoms with Crippen molar-refractivity contribution in [2.45, 2.75) is 38.0 Å². The molecule has 30 heavy (non-hydrogen) atoms. The van der Waals surface area contributed by atoms with Crippen LogP contribution < -0.4 is 0 Å². The molecule has 3 aromatic rings. The summed E-state index contributed by atoms with van der Waals surface area (Å²) in [5, 5.41) is 8.60. The molecule has 0 unspecified atom stereocenters. The summed E-state index contributed by atoms with van der Waals surface area (Å²) in [6.07, 6.45) is -2.89. The van der Waals surface area contributed by atoms with Crippen molar-refractivity contribution in [3.63, 3.8) is 0 Å². The fraction of sp³-hybridized carbons (Fsp3) is 0.286. The summed E-state index contributed by atoms with van der Waals surface area (Å²) < 4.78 is 44.4. The van der Waals surface area contributed by atoms with Crippen LogP contribution in [0.15, 0.2) is 52.9 Å². The average molecular weight is 436 g/mol. The van der Waals surface area contributed by atoms with Gasteiger partial charge in [0.05, 0.1) is 18.5 Å². The number of alkyl halides is 3. The van der Waals surface area contributed by atoms with Crippen LogP contribution in [0.1, 0.15) is 29.9 Å². The van der Waals surface area contributed by atoms with Crippen LogP contribution in [0.2, 0.25) is 5.02 Å². The van der Waals surface area contributed by atoms with Gasteiger partial charge in [0.2, 0.25) is 17.7 Å². The lowest BCUT2D eigenvalue weighted by atomic mass is 10.1. The Kier molecular flexibility index (Phi) is 5.51. The molecule has 1 aromatic heterocycles. The van der Waals surface area contributed by atoms with Gasteiger partial charge >= 0.3 is 6.18 Å². The van der Waals surface area contributed by atoms with Gasteiger partial charge in [-0.15, -0.1) is 10.2 Å². The molecule has 9 heteroatoms. The Morgan fingerprint density at radius 1 is 1.13 bits per heavy atom. The quantitative estimate of drug-likeness (QED) is 0.537. The first-order valence-electron chi connectivity index (χ1n) is 9.33. The van der Waals surface area contributed by atoms with Crippen LogP contribution in [0.25, 0.3) is 11.5 Å². The molecule has 0 saturated heterocycles. The monoisotopic (exact) mass is 435 g/mol. The Bertz CT molecular complexity index is 1050. The van der Waals surface area contributed by atoms with Crippen LogP contribution in [0.4, 0.5) is 13.2 Å². The maximum absolute atomic E-state index is 12.9. The van der Waals surface area contributed by atoms with E-state index in [1.54, 1.807) is 29.2 Å². The normalized spacial score (nSPS) is 14.0. The number of carbonyl (C=O) groups excluding carboxylic acids is 1. The van der Waals surface area contributed by atoms with Crippen molar-refractivity contribution < 1.29 is 22.4 Å². The highest BCUT2D eigenvalue weighted by molar-refractivity contribution is 6.30. The number of amides is 1. The molecule has 0 aliphatic heterocycles. The summed E-state index contributed by atoms with van der Waals surface area (Å²) in [5.41, 5.74) is 0.245. The molecule has 1 heterocycles. The fourth-order valence-electron chi connectivity index (χ4n) is 3.11. The molecule has 156 valence electrons. The first kappa shape index (κ1) is 20.4. The molecular weight excluding hydrogens is 419 g/mol. The van der Waals surface area contributed by atoms with E-state index in [4.69, 9.17) is 16.0 Å². The fourth-order valence-corrected chi connectivity index (χ4v) is 3.24. The highest BCUT2D eigenvalue weighted by Gasteiger charge is 2.34. The number of halogens is 4. The van der Waals surface area contributed by atoms with Gasteiger partial charge in [0, 0.05) is 16.6 Å². The zero-order valence-electron chi connectivity index (χ0n) is 15.7. The maximum atomic E-state index is 12.9. The van der Waals surface area contributed by atoms with Crippen LogP contribution >= 0.6 is 11.6 Å². The molecule has 1 aliphatic rings. The van der Waals surface area contributed by atoms with Crippen molar-refractivity contribution >= 4 is 17.5 Å². The van der Waals surface area contributed by atoms with Crippen molar-refractivity contribution in [2.75, 3.05) is 0 Å². The predicted octanol–water partition coefficient (Wildman–Crippen LogP) is 5.14. The maximum Gasteiger partial charge on any atom is 0.416 e. The smallest absolute Gasteiger partial charge is 0.416 e. The molecule has 5 nitrogen and oxygen atoms in total. The van der Waals surface area contributed by atoms with E-state index in [0.29, 0.717) is 22.0 Å². The van der Waals surface area contributed by atoms with E-state index < -0.39 is 11.7 Å². The summed E-state index contributed by atoms with van der Waals surface area (Å²) in [5.74, 6) is 0.301. The van der Waals surface area contributed by atoms with E-state index in [2.05, 4.69) is 10.2 Å². The zero-order valence-corrected chi connectivity index (χ0v) is 16.5.